The third-order valence-corrected chi connectivity index (χ3v) is 3.08. The molecule has 0 amide bonds. The predicted octanol–water partition coefficient (Wildman–Crippen LogP) is 4.21. The van der Waals surface area contributed by atoms with Crippen LogP contribution in [0.2, 0.25) is 0 Å². The number of benzene rings is 1. The standard InChI is InChI=1S/C15H21OS/c1-14(2,3)11-7-10(9-17)8-12(13(11)16)15(4,5)6/h7-8,16H,1-6H3. The van der Waals surface area contributed by atoms with Gasteiger partial charge in [-0.05, 0) is 28.5 Å². The first-order valence-corrected chi connectivity index (χ1v) is 6.24. The molecule has 1 rings (SSSR count). The van der Waals surface area contributed by atoms with Crippen molar-refractivity contribution in [3.8, 4) is 5.75 Å². The van der Waals surface area contributed by atoms with Gasteiger partial charge in [-0.2, -0.15) is 0 Å². The van der Waals surface area contributed by atoms with E-state index in [0.29, 0.717) is 5.75 Å². The Kier molecular flexibility index (Phi) is 3.68. The molecule has 0 aliphatic rings. The van der Waals surface area contributed by atoms with Gasteiger partial charge in [0, 0.05) is 11.1 Å². The maximum absolute atomic E-state index is 10.4. The van der Waals surface area contributed by atoms with Gasteiger partial charge in [-0.3, -0.25) is 0 Å². The first-order chi connectivity index (χ1) is 7.57. The van der Waals surface area contributed by atoms with Crippen LogP contribution in [0.15, 0.2) is 12.1 Å². The molecular formula is C15H21OS. The fraction of sp³-hybridized carbons (Fsp3) is 0.533. The number of rotatable bonds is 1. The van der Waals surface area contributed by atoms with Gasteiger partial charge in [-0.15, -0.1) is 0 Å². The van der Waals surface area contributed by atoms with Crippen molar-refractivity contribution in [1.82, 2.24) is 0 Å². The minimum Gasteiger partial charge on any atom is -0.507 e. The van der Waals surface area contributed by atoms with Crippen LogP contribution in [0.1, 0.15) is 58.2 Å². The van der Waals surface area contributed by atoms with Gasteiger partial charge in [0.05, 0.1) is 5.37 Å². The molecule has 0 spiro atoms. The smallest absolute Gasteiger partial charge is 0.123 e. The zero-order valence-electron chi connectivity index (χ0n) is 11.5. The largest absolute Gasteiger partial charge is 0.507 e. The summed E-state index contributed by atoms with van der Waals surface area (Å²) in [4.78, 5) is 0. The van der Waals surface area contributed by atoms with E-state index in [0.717, 1.165) is 16.7 Å². The number of aromatic hydroxyl groups is 1. The molecule has 0 unspecified atom stereocenters. The summed E-state index contributed by atoms with van der Waals surface area (Å²) in [6.45, 7) is 12.5. The van der Waals surface area contributed by atoms with E-state index in [4.69, 9.17) is 12.2 Å². The van der Waals surface area contributed by atoms with E-state index in [1.165, 1.54) is 0 Å². The van der Waals surface area contributed by atoms with E-state index < -0.39 is 0 Å². The van der Waals surface area contributed by atoms with Crippen molar-refractivity contribution in [3.05, 3.63) is 28.8 Å². The van der Waals surface area contributed by atoms with Crippen molar-refractivity contribution < 1.29 is 5.11 Å². The molecular weight excluding hydrogens is 228 g/mol. The number of thiocarbonyl (C=S) groups is 1. The van der Waals surface area contributed by atoms with Gasteiger partial charge < -0.3 is 5.11 Å². The summed E-state index contributed by atoms with van der Waals surface area (Å²) in [5, 5.41) is 13.2. The van der Waals surface area contributed by atoms with Crippen LogP contribution in [0.5, 0.6) is 5.75 Å². The molecule has 17 heavy (non-hydrogen) atoms. The van der Waals surface area contributed by atoms with Crippen molar-refractivity contribution in [2.24, 2.45) is 0 Å². The van der Waals surface area contributed by atoms with Crippen LogP contribution >= 0.6 is 12.2 Å². The highest BCUT2D eigenvalue weighted by molar-refractivity contribution is 7.79. The second-order valence-corrected chi connectivity index (χ2v) is 6.73. The molecule has 1 nitrogen and oxygen atoms in total. The highest BCUT2D eigenvalue weighted by atomic mass is 32.1. The highest BCUT2D eigenvalue weighted by Gasteiger charge is 2.26. The molecule has 0 aliphatic carbocycles. The van der Waals surface area contributed by atoms with E-state index in [1.54, 1.807) is 0 Å². The zero-order valence-corrected chi connectivity index (χ0v) is 12.3. The van der Waals surface area contributed by atoms with Crippen LogP contribution < -0.4 is 0 Å². The fourth-order valence-electron chi connectivity index (χ4n) is 1.84. The molecule has 0 aliphatic heterocycles. The van der Waals surface area contributed by atoms with Gasteiger partial charge in [0.15, 0.2) is 0 Å². The molecule has 0 bridgehead atoms. The molecule has 0 aromatic heterocycles. The van der Waals surface area contributed by atoms with Gasteiger partial charge in [0.1, 0.15) is 5.75 Å². The average molecular weight is 249 g/mol. The Morgan fingerprint density at radius 3 is 1.53 bits per heavy atom. The molecule has 1 aromatic carbocycles. The first-order valence-electron chi connectivity index (χ1n) is 5.83. The predicted molar refractivity (Wildman–Crippen MR) is 77.2 cm³/mol. The molecule has 2 heteroatoms. The van der Waals surface area contributed by atoms with E-state index in [1.807, 2.05) is 12.1 Å². The normalized spacial score (nSPS) is 12.6. The number of hydrogen-bond donors (Lipinski definition) is 1. The lowest BCUT2D eigenvalue weighted by molar-refractivity contribution is 0.423. The summed E-state index contributed by atoms with van der Waals surface area (Å²) >= 11 is 4.90. The molecule has 1 N–H and O–H groups in total. The molecule has 0 atom stereocenters. The Morgan fingerprint density at radius 1 is 0.941 bits per heavy atom. The van der Waals surface area contributed by atoms with E-state index in [2.05, 4.69) is 46.9 Å². The second kappa shape index (κ2) is 4.41. The molecule has 1 aromatic rings. The Morgan fingerprint density at radius 2 is 1.29 bits per heavy atom. The lowest BCUT2D eigenvalue weighted by Crippen LogP contribution is -2.17. The van der Waals surface area contributed by atoms with E-state index in [-0.39, 0.29) is 10.8 Å². The summed E-state index contributed by atoms with van der Waals surface area (Å²) in [6.07, 6.45) is 0. The lowest BCUT2D eigenvalue weighted by atomic mass is 9.78. The Labute approximate surface area is 110 Å². The number of phenols is 1. The van der Waals surface area contributed by atoms with Crippen LogP contribution in [0.3, 0.4) is 0 Å². The topological polar surface area (TPSA) is 20.2 Å². The maximum Gasteiger partial charge on any atom is 0.123 e. The van der Waals surface area contributed by atoms with Crippen molar-refractivity contribution >= 4 is 17.6 Å². The van der Waals surface area contributed by atoms with Crippen molar-refractivity contribution in [3.63, 3.8) is 0 Å². The quantitative estimate of drug-likeness (QED) is 0.752. The van der Waals surface area contributed by atoms with Gasteiger partial charge in [0.2, 0.25) is 0 Å². The van der Waals surface area contributed by atoms with Crippen LogP contribution in [0, 0.1) is 0 Å². The van der Waals surface area contributed by atoms with Gasteiger partial charge in [-0.25, -0.2) is 0 Å². The molecule has 93 valence electrons. The maximum atomic E-state index is 10.4. The number of phenolic OH excluding ortho intramolecular Hbond substituents is 1. The summed E-state index contributed by atoms with van der Waals surface area (Å²) in [7, 11) is 0. The van der Waals surface area contributed by atoms with E-state index in [9.17, 15) is 5.11 Å². The number of hydrogen-bond acceptors (Lipinski definition) is 2. The molecule has 0 saturated carbocycles. The van der Waals surface area contributed by atoms with Crippen molar-refractivity contribution in [1.29, 1.82) is 0 Å². The summed E-state index contributed by atoms with van der Waals surface area (Å²) in [5.74, 6) is 0.388. The Balaban J connectivity index is 3.59. The third-order valence-electron chi connectivity index (χ3n) is 2.84. The van der Waals surface area contributed by atoms with Crippen LogP contribution in [-0.2, 0) is 10.8 Å². The van der Waals surface area contributed by atoms with Gasteiger partial charge in [-0.1, -0.05) is 53.8 Å². The van der Waals surface area contributed by atoms with Gasteiger partial charge >= 0.3 is 0 Å². The molecule has 0 saturated heterocycles. The third kappa shape index (κ3) is 3.06. The first kappa shape index (κ1) is 14.2. The second-order valence-electron chi connectivity index (χ2n) is 6.52. The molecule has 1 radical (unpaired) electrons. The molecule has 0 fully saturated rings. The lowest BCUT2D eigenvalue weighted by Gasteiger charge is -2.27. The minimum absolute atomic E-state index is 0.105. The van der Waals surface area contributed by atoms with Crippen LogP contribution in [-0.4, -0.2) is 10.5 Å². The highest BCUT2D eigenvalue weighted by Crippen LogP contribution is 2.39. The Bertz CT molecular complexity index is 398. The minimum atomic E-state index is -0.105. The SMILES string of the molecule is CC(C)(C)c1cc([C]=S)cc(C(C)(C)C)c1O. The molecule has 0 heterocycles. The van der Waals surface area contributed by atoms with Gasteiger partial charge in [0.25, 0.3) is 0 Å². The summed E-state index contributed by atoms with van der Waals surface area (Å²) in [6, 6.07) is 3.86. The van der Waals surface area contributed by atoms with Crippen molar-refractivity contribution in [2.45, 2.75) is 52.4 Å². The summed E-state index contributed by atoms with van der Waals surface area (Å²) in [5.41, 5.74) is 2.51. The fourth-order valence-corrected chi connectivity index (χ4v) is 1.95. The summed E-state index contributed by atoms with van der Waals surface area (Å²) < 4.78 is 0. The zero-order chi connectivity index (χ0) is 13.4. The Hall–Kier alpha value is -0.890. The van der Waals surface area contributed by atoms with E-state index >= 15 is 0 Å². The van der Waals surface area contributed by atoms with Crippen LogP contribution in [0.25, 0.3) is 0 Å². The van der Waals surface area contributed by atoms with Crippen molar-refractivity contribution in [2.75, 3.05) is 0 Å². The monoisotopic (exact) mass is 249 g/mol. The van der Waals surface area contributed by atoms with Crippen LogP contribution in [0.4, 0.5) is 0 Å². The average Bonchev–Trinajstić information content (AvgIpc) is 2.14.